The van der Waals surface area contributed by atoms with Gasteiger partial charge in [0.1, 0.15) is 47.8 Å². The zero-order valence-electron chi connectivity index (χ0n) is 49.9. The minimum Gasteiger partial charge on any atom is -0.496 e. The Kier molecular flexibility index (Phi) is 24.9. The highest BCUT2D eigenvalue weighted by Gasteiger charge is 2.46. The van der Waals surface area contributed by atoms with Gasteiger partial charge in [-0.1, -0.05) is 49.9 Å². The molecule has 0 saturated carbocycles. The molecule has 2 N–H and O–H groups in total. The summed E-state index contributed by atoms with van der Waals surface area (Å²) in [6, 6.07) is 20.1. The van der Waals surface area contributed by atoms with Crippen LogP contribution in [0, 0.1) is 20.8 Å². The van der Waals surface area contributed by atoms with Crippen LogP contribution in [0.1, 0.15) is 131 Å². The molecule has 3 aliphatic rings. The van der Waals surface area contributed by atoms with Crippen LogP contribution in [0.15, 0.2) is 85.1 Å². The van der Waals surface area contributed by atoms with Crippen LogP contribution in [-0.4, -0.2) is 157 Å². The molecule has 0 spiro atoms. The molecular formula is C65H82N4O16. The normalized spacial score (nSPS) is 16.5. The van der Waals surface area contributed by atoms with Crippen LogP contribution < -0.4 is 29.6 Å². The van der Waals surface area contributed by atoms with Crippen molar-refractivity contribution in [2.45, 2.75) is 116 Å². The third kappa shape index (κ3) is 17.9. The molecular weight excluding hydrogens is 1090 g/mol. The molecule has 3 aliphatic heterocycles. The topological polar surface area (TPSA) is 233 Å². The Morgan fingerprint density at radius 3 is 2.12 bits per heavy atom. The van der Waals surface area contributed by atoms with E-state index in [-0.39, 0.29) is 73.7 Å². The van der Waals surface area contributed by atoms with Gasteiger partial charge in [0.2, 0.25) is 11.8 Å². The van der Waals surface area contributed by atoms with Crippen molar-refractivity contribution < 1.29 is 76.2 Å². The van der Waals surface area contributed by atoms with Crippen molar-refractivity contribution in [3.63, 3.8) is 0 Å². The van der Waals surface area contributed by atoms with Gasteiger partial charge < -0.3 is 58.2 Å². The van der Waals surface area contributed by atoms with E-state index in [2.05, 4.69) is 23.3 Å². The second-order valence-corrected chi connectivity index (χ2v) is 21.3. The van der Waals surface area contributed by atoms with E-state index in [4.69, 9.17) is 42.6 Å². The molecule has 20 nitrogen and oxygen atoms in total. The van der Waals surface area contributed by atoms with Gasteiger partial charge in [0.25, 0.3) is 17.7 Å². The van der Waals surface area contributed by atoms with E-state index < -0.39 is 47.8 Å². The van der Waals surface area contributed by atoms with Crippen molar-refractivity contribution in [2.24, 2.45) is 0 Å². The average Bonchev–Trinajstić information content (AvgIpc) is 2.14. The first kappa shape index (κ1) is 64.9. The summed E-state index contributed by atoms with van der Waals surface area (Å²) < 4.78 is 51.3. The number of carbonyl (C=O) groups is 7. The van der Waals surface area contributed by atoms with Gasteiger partial charge in [0.05, 0.1) is 77.5 Å². The second kappa shape index (κ2) is 32.6. The summed E-state index contributed by atoms with van der Waals surface area (Å²) in [7, 11) is 3.27. The number of nitrogens with one attached hydrogen (secondary N) is 2. The van der Waals surface area contributed by atoms with Gasteiger partial charge in [-0.05, 0) is 148 Å². The lowest BCUT2D eigenvalue weighted by Gasteiger charge is -2.37. The first-order valence-electron chi connectivity index (χ1n) is 29.4. The highest BCUT2D eigenvalue weighted by molar-refractivity contribution is 6.24. The van der Waals surface area contributed by atoms with E-state index >= 15 is 0 Å². The number of fused-ring (bicyclic) bond motifs is 1. The maximum atomic E-state index is 14.4. The number of carbonyl (C=O) groups excluding carboxylic acids is 7. The fourth-order valence-electron chi connectivity index (χ4n) is 10.7. The number of rotatable bonds is 34. The predicted molar refractivity (Wildman–Crippen MR) is 315 cm³/mol. The van der Waals surface area contributed by atoms with E-state index in [0.29, 0.717) is 103 Å². The largest absolute Gasteiger partial charge is 0.496 e. The molecule has 20 heteroatoms. The molecule has 3 heterocycles. The number of methoxy groups -OCH3 is 2. The predicted octanol–water partition coefficient (Wildman–Crippen LogP) is 7.80. The number of hydrogen-bond donors (Lipinski definition) is 2. The number of amides is 5. The smallest absolute Gasteiger partial charge is 0.329 e. The minimum atomic E-state index is -0.949. The molecule has 0 aromatic heterocycles. The molecule has 85 heavy (non-hydrogen) atoms. The summed E-state index contributed by atoms with van der Waals surface area (Å²) in [6.07, 6.45) is 4.49. The van der Waals surface area contributed by atoms with Crippen LogP contribution in [0.4, 0.5) is 0 Å². The number of allylic oxidation sites excluding steroid dienone is 1. The number of ketones is 1. The number of aryl methyl sites for hydroxylation is 3. The molecule has 4 aromatic rings. The van der Waals surface area contributed by atoms with Gasteiger partial charge in [-0.3, -0.25) is 33.7 Å². The van der Waals surface area contributed by atoms with Crippen molar-refractivity contribution >= 4 is 41.3 Å². The monoisotopic (exact) mass is 1170 g/mol. The Hall–Kier alpha value is -7.65. The lowest BCUT2D eigenvalue weighted by Crippen LogP contribution is -2.51. The first-order valence-corrected chi connectivity index (χ1v) is 29.4. The number of benzene rings is 4. The van der Waals surface area contributed by atoms with Crippen LogP contribution >= 0.6 is 0 Å². The highest BCUT2D eigenvalue weighted by atomic mass is 16.6. The maximum absolute atomic E-state index is 14.4. The Morgan fingerprint density at radius 1 is 0.729 bits per heavy atom. The summed E-state index contributed by atoms with van der Waals surface area (Å²) in [4.78, 5) is 95.6. The lowest BCUT2D eigenvalue weighted by molar-refractivity contribution is -0.162. The Labute approximate surface area is 498 Å². The number of ether oxygens (including phenoxy) is 9. The average molecular weight is 1180 g/mol. The number of piperidine rings is 2. The summed E-state index contributed by atoms with van der Waals surface area (Å²) in [5.41, 5.74) is 6.45. The number of hydrogen-bond acceptors (Lipinski definition) is 16. The molecule has 2 fully saturated rings. The summed E-state index contributed by atoms with van der Waals surface area (Å²) >= 11 is 0. The van der Waals surface area contributed by atoms with E-state index in [1.165, 1.54) is 12.1 Å². The van der Waals surface area contributed by atoms with Crippen molar-refractivity contribution in [2.75, 3.05) is 93.4 Å². The fraction of sp³-hybridized carbons (Fsp3) is 0.492. The van der Waals surface area contributed by atoms with Gasteiger partial charge in [0, 0.05) is 31.8 Å². The second-order valence-electron chi connectivity index (χ2n) is 21.3. The molecule has 5 amide bonds. The Bertz CT molecular complexity index is 2980. The van der Waals surface area contributed by atoms with Crippen LogP contribution in [-0.2, 0) is 54.1 Å². The maximum Gasteiger partial charge on any atom is 0.329 e. The SMILES string of the molecule is C=C1CCC(N2C(=O)c3cccc(OCC(=O)CCCOCCOCCOCCOCCNC(=O)COc4ccc([C@@H](CCc5ccc(OC)c(C)c5)OC(=O)[C@@H]5CCCCN5C(=O)[C@@H](CC)c5cc(C)c(C)c(OC)c5)cc4)c3C2=O)C(=O)N1. The summed E-state index contributed by atoms with van der Waals surface area (Å²) in [5, 5.41) is 5.39. The fourth-order valence-corrected chi connectivity index (χ4v) is 10.7. The Balaban J connectivity index is 0.746. The van der Waals surface area contributed by atoms with Crippen molar-refractivity contribution in [1.29, 1.82) is 0 Å². The Morgan fingerprint density at radius 2 is 1.44 bits per heavy atom. The third-order valence-electron chi connectivity index (χ3n) is 15.4. The standard InChI is InChI=1S/C65H82N4O16/c1-8-51(48-38-42(2)45(5)58(39-48)78-7)62(73)68-28-10-9-15-54(68)65(76)85-56(26-19-46-18-25-55(77-6)43(3)37-46)47-20-22-50(23-21-47)83-41-59(71)66-27-30-80-32-34-82-36-35-81-33-31-79-29-12-13-49(70)40-84-57-16-11-14-52-60(57)64(75)69(63(52)74)53-24-17-44(4)67-61(53)72/h11,14,16,18,20-23,25,37-39,51,53-54,56H,4,8-10,12-13,15,17,19,24,26-36,40-41H2,1-3,5-7H3,(H,66,71)(H,67,72)/t51-,53?,54-,56+/m0/s1. The zero-order chi connectivity index (χ0) is 60.8. The van der Waals surface area contributed by atoms with Crippen molar-refractivity contribution in [3.8, 4) is 23.0 Å². The van der Waals surface area contributed by atoms with Crippen molar-refractivity contribution in [3.05, 3.63) is 130 Å². The third-order valence-corrected chi connectivity index (χ3v) is 15.4. The van der Waals surface area contributed by atoms with E-state index in [1.807, 2.05) is 64.1 Å². The first-order chi connectivity index (χ1) is 41.1. The van der Waals surface area contributed by atoms with Crippen LogP contribution in [0.3, 0.4) is 0 Å². The highest BCUT2D eigenvalue weighted by Crippen LogP contribution is 2.36. The number of esters is 1. The molecule has 4 aromatic carbocycles. The molecule has 458 valence electrons. The summed E-state index contributed by atoms with van der Waals surface area (Å²) in [5.74, 6) is -1.07. The van der Waals surface area contributed by atoms with Crippen LogP contribution in [0.25, 0.3) is 0 Å². The van der Waals surface area contributed by atoms with E-state index in [9.17, 15) is 33.6 Å². The molecule has 0 radical (unpaired) electrons. The van der Waals surface area contributed by atoms with E-state index in [0.717, 1.165) is 62.6 Å². The number of likely N-dealkylation sites (tertiary alicyclic amines) is 1. The summed E-state index contributed by atoms with van der Waals surface area (Å²) in [6.45, 7) is 14.6. The molecule has 0 aliphatic carbocycles. The van der Waals surface area contributed by atoms with Crippen molar-refractivity contribution in [1.82, 2.24) is 20.4 Å². The lowest BCUT2D eigenvalue weighted by atomic mass is 9.90. The van der Waals surface area contributed by atoms with Crippen LogP contribution in [0.2, 0.25) is 0 Å². The molecule has 7 rings (SSSR count). The molecule has 0 bridgehead atoms. The number of nitrogens with zero attached hydrogens (tertiary/aromatic N) is 2. The molecule has 1 unspecified atom stereocenters. The van der Waals surface area contributed by atoms with Gasteiger partial charge in [-0.25, -0.2) is 4.79 Å². The molecule has 4 atom stereocenters. The molecule has 2 saturated heterocycles. The number of Topliss-reactive ketones (excluding diaryl/α,β-unsaturated/α-hetero) is 1. The zero-order valence-corrected chi connectivity index (χ0v) is 49.9. The quantitative estimate of drug-likeness (QED) is 0.0258. The minimum absolute atomic E-state index is 0.0438. The van der Waals surface area contributed by atoms with Crippen LogP contribution in [0.5, 0.6) is 23.0 Å². The van der Waals surface area contributed by atoms with E-state index in [1.54, 1.807) is 37.3 Å². The van der Waals surface area contributed by atoms with Gasteiger partial charge in [-0.15, -0.1) is 0 Å². The van der Waals surface area contributed by atoms with Gasteiger partial charge in [-0.2, -0.15) is 0 Å². The number of imide groups is 1. The van der Waals surface area contributed by atoms with Gasteiger partial charge in [0.15, 0.2) is 12.4 Å². The van der Waals surface area contributed by atoms with Gasteiger partial charge >= 0.3 is 5.97 Å².